The van der Waals surface area contributed by atoms with Gasteiger partial charge in [-0.05, 0) is 24.3 Å². The number of hydrogen-bond acceptors (Lipinski definition) is 5. The Morgan fingerprint density at radius 3 is 2.58 bits per heavy atom. The number of rotatable bonds is 6. The number of hydrogen-bond donors (Lipinski definition) is 1. The third-order valence-corrected chi connectivity index (χ3v) is 2.20. The number of methoxy groups -OCH3 is 1. The molecule has 0 fully saturated rings. The number of benzene rings is 1. The topological polar surface area (TPSA) is 88.4 Å². The number of carbonyl (C=O) groups excluding carboxylic acids is 2. The second-order valence-corrected chi connectivity index (χ2v) is 3.56. The quantitative estimate of drug-likeness (QED) is 0.607. The van der Waals surface area contributed by atoms with E-state index in [1.54, 1.807) is 24.3 Å². The lowest BCUT2D eigenvalue weighted by Gasteiger charge is -2.06. The van der Waals surface area contributed by atoms with E-state index in [9.17, 15) is 9.59 Å². The minimum absolute atomic E-state index is 0.136. The number of amides is 1. The van der Waals surface area contributed by atoms with E-state index in [1.165, 1.54) is 7.11 Å². The van der Waals surface area contributed by atoms with Crippen molar-refractivity contribution in [1.29, 1.82) is 5.26 Å². The summed E-state index contributed by atoms with van der Waals surface area (Å²) in [5.74, 6) is -0.254. The average molecular weight is 262 g/mol. The smallest absolute Gasteiger partial charge is 0.337 e. The molecule has 0 aliphatic rings. The van der Waals surface area contributed by atoms with Crippen molar-refractivity contribution in [2.45, 2.75) is 6.42 Å². The molecule has 1 N–H and O–H groups in total. The van der Waals surface area contributed by atoms with Gasteiger partial charge in [-0.1, -0.05) is 0 Å². The van der Waals surface area contributed by atoms with Crippen molar-refractivity contribution in [3.8, 4) is 11.8 Å². The minimum atomic E-state index is -0.430. The molecule has 0 aromatic heterocycles. The van der Waals surface area contributed by atoms with Crippen LogP contribution in [-0.4, -0.2) is 32.1 Å². The van der Waals surface area contributed by atoms with Crippen LogP contribution in [0.3, 0.4) is 0 Å². The largest absolute Gasteiger partial charge is 0.484 e. The Morgan fingerprint density at radius 2 is 2.00 bits per heavy atom. The van der Waals surface area contributed by atoms with Gasteiger partial charge in [-0.2, -0.15) is 5.26 Å². The van der Waals surface area contributed by atoms with E-state index in [2.05, 4.69) is 10.1 Å². The SMILES string of the molecule is COC(=O)c1ccc(OCC(=O)NCCC#N)cc1. The molecule has 19 heavy (non-hydrogen) atoms. The van der Waals surface area contributed by atoms with Crippen LogP contribution in [0, 0.1) is 11.3 Å². The van der Waals surface area contributed by atoms with Crippen LogP contribution in [0.5, 0.6) is 5.75 Å². The predicted octanol–water partition coefficient (Wildman–Crippen LogP) is 0.882. The lowest BCUT2D eigenvalue weighted by Crippen LogP contribution is -2.29. The standard InChI is InChI=1S/C13H14N2O4/c1-18-13(17)10-3-5-11(6-4-10)19-9-12(16)15-8-2-7-14/h3-6H,2,8-9H2,1H3,(H,15,16). The van der Waals surface area contributed by atoms with Crippen molar-refractivity contribution in [2.24, 2.45) is 0 Å². The highest BCUT2D eigenvalue weighted by atomic mass is 16.5. The molecule has 0 saturated heterocycles. The van der Waals surface area contributed by atoms with Gasteiger partial charge >= 0.3 is 5.97 Å². The Bertz CT molecular complexity index is 476. The Balaban J connectivity index is 2.40. The van der Waals surface area contributed by atoms with Crippen molar-refractivity contribution in [3.05, 3.63) is 29.8 Å². The molecule has 0 unspecified atom stereocenters. The van der Waals surface area contributed by atoms with Crippen molar-refractivity contribution < 1.29 is 19.1 Å². The summed E-state index contributed by atoms with van der Waals surface area (Å²) in [4.78, 5) is 22.5. The van der Waals surface area contributed by atoms with E-state index >= 15 is 0 Å². The summed E-state index contributed by atoms with van der Waals surface area (Å²) in [5, 5.41) is 10.8. The van der Waals surface area contributed by atoms with Crippen LogP contribution in [0.2, 0.25) is 0 Å². The van der Waals surface area contributed by atoms with Gasteiger partial charge in [0.05, 0.1) is 25.2 Å². The fourth-order valence-corrected chi connectivity index (χ4v) is 1.26. The van der Waals surface area contributed by atoms with Gasteiger partial charge in [0.25, 0.3) is 5.91 Å². The van der Waals surface area contributed by atoms with Crippen molar-refractivity contribution in [3.63, 3.8) is 0 Å². The summed E-state index contributed by atoms with van der Waals surface area (Å²) in [6.45, 7) is 0.170. The molecule has 0 saturated carbocycles. The molecule has 0 radical (unpaired) electrons. The van der Waals surface area contributed by atoms with E-state index in [0.29, 0.717) is 17.9 Å². The highest BCUT2D eigenvalue weighted by Crippen LogP contribution is 2.12. The van der Waals surface area contributed by atoms with Crippen molar-refractivity contribution in [1.82, 2.24) is 5.32 Å². The van der Waals surface area contributed by atoms with Gasteiger partial charge in [-0.15, -0.1) is 0 Å². The summed E-state index contributed by atoms with van der Waals surface area (Å²) in [5.41, 5.74) is 0.410. The third kappa shape index (κ3) is 5.08. The van der Waals surface area contributed by atoms with Gasteiger partial charge in [0, 0.05) is 6.54 Å². The molecule has 0 bridgehead atoms. The Hall–Kier alpha value is -2.55. The van der Waals surface area contributed by atoms with Crippen LogP contribution in [0.25, 0.3) is 0 Å². The van der Waals surface area contributed by atoms with Crippen LogP contribution < -0.4 is 10.1 Å². The molecule has 100 valence electrons. The highest BCUT2D eigenvalue weighted by Gasteiger charge is 2.06. The molecule has 0 aliphatic carbocycles. The maximum atomic E-state index is 11.3. The first kappa shape index (κ1) is 14.5. The number of carbonyl (C=O) groups is 2. The van der Waals surface area contributed by atoms with Crippen molar-refractivity contribution >= 4 is 11.9 Å². The maximum absolute atomic E-state index is 11.3. The molecule has 6 nitrogen and oxygen atoms in total. The van der Waals surface area contributed by atoms with Crippen LogP contribution in [0.15, 0.2) is 24.3 Å². The zero-order chi connectivity index (χ0) is 14.1. The molecular formula is C13H14N2O4. The number of nitrogens with one attached hydrogen (secondary N) is 1. The van der Waals surface area contributed by atoms with Gasteiger partial charge in [-0.25, -0.2) is 4.79 Å². The summed E-state index contributed by atoms with van der Waals surface area (Å²) < 4.78 is 9.78. The second kappa shape index (κ2) is 7.71. The zero-order valence-corrected chi connectivity index (χ0v) is 10.5. The molecule has 1 aromatic carbocycles. The summed E-state index contributed by atoms with van der Waals surface area (Å²) in [6.07, 6.45) is 0.263. The van der Waals surface area contributed by atoms with Crippen LogP contribution in [-0.2, 0) is 9.53 Å². The van der Waals surface area contributed by atoms with Gasteiger partial charge in [-0.3, -0.25) is 4.79 Å². The maximum Gasteiger partial charge on any atom is 0.337 e. The first-order valence-corrected chi connectivity index (χ1v) is 5.62. The Kier molecular flexibility index (Phi) is 5.89. The van der Waals surface area contributed by atoms with E-state index in [0.717, 1.165) is 0 Å². The van der Waals surface area contributed by atoms with Crippen LogP contribution >= 0.6 is 0 Å². The normalized spacial score (nSPS) is 9.26. The minimum Gasteiger partial charge on any atom is -0.484 e. The first-order valence-electron chi connectivity index (χ1n) is 5.62. The fraction of sp³-hybridized carbons (Fsp3) is 0.308. The van der Waals surface area contributed by atoms with Gasteiger partial charge in [0.2, 0.25) is 0 Å². The lowest BCUT2D eigenvalue weighted by molar-refractivity contribution is -0.123. The number of nitriles is 1. The monoisotopic (exact) mass is 262 g/mol. The Labute approximate surface area is 110 Å². The van der Waals surface area contributed by atoms with E-state index in [4.69, 9.17) is 10.00 Å². The Morgan fingerprint density at radius 1 is 1.32 bits per heavy atom. The first-order chi connectivity index (χ1) is 9.17. The third-order valence-electron chi connectivity index (χ3n) is 2.20. The van der Waals surface area contributed by atoms with Gasteiger partial charge in [0.1, 0.15) is 5.75 Å². The molecule has 1 aromatic rings. The number of nitrogens with zero attached hydrogens (tertiary/aromatic N) is 1. The molecule has 0 aliphatic heterocycles. The average Bonchev–Trinajstić information content (AvgIpc) is 2.45. The summed E-state index contributed by atoms with van der Waals surface area (Å²) >= 11 is 0. The van der Waals surface area contributed by atoms with Crippen molar-refractivity contribution in [2.75, 3.05) is 20.3 Å². The van der Waals surface area contributed by atoms with E-state index < -0.39 is 5.97 Å². The number of esters is 1. The fourth-order valence-electron chi connectivity index (χ4n) is 1.26. The summed E-state index contributed by atoms with van der Waals surface area (Å²) in [7, 11) is 1.30. The van der Waals surface area contributed by atoms with E-state index in [-0.39, 0.29) is 18.9 Å². The number of ether oxygens (including phenoxy) is 2. The molecule has 0 atom stereocenters. The van der Waals surface area contributed by atoms with Gasteiger partial charge < -0.3 is 14.8 Å². The molecule has 1 rings (SSSR count). The summed E-state index contributed by atoms with van der Waals surface area (Å²) in [6, 6.07) is 8.18. The molecule has 6 heteroatoms. The van der Waals surface area contributed by atoms with Crippen LogP contribution in [0.1, 0.15) is 16.8 Å². The second-order valence-electron chi connectivity index (χ2n) is 3.56. The highest BCUT2D eigenvalue weighted by molar-refractivity contribution is 5.89. The van der Waals surface area contributed by atoms with E-state index in [1.807, 2.05) is 6.07 Å². The van der Waals surface area contributed by atoms with Gasteiger partial charge in [0.15, 0.2) is 6.61 Å². The molecule has 0 spiro atoms. The molecule has 1 amide bonds. The molecule has 0 heterocycles. The predicted molar refractivity (Wildman–Crippen MR) is 66.5 cm³/mol. The van der Waals surface area contributed by atoms with Crippen LogP contribution in [0.4, 0.5) is 0 Å². The molecular weight excluding hydrogens is 248 g/mol. The zero-order valence-electron chi connectivity index (χ0n) is 10.5. The lowest BCUT2D eigenvalue weighted by atomic mass is 10.2.